The molecule has 1 saturated carbocycles. The summed E-state index contributed by atoms with van der Waals surface area (Å²) in [4.78, 5) is 74.2. The van der Waals surface area contributed by atoms with Crippen molar-refractivity contribution in [3.63, 3.8) is 0 Å². The molecule has 10 rings (SSSR count). The van der Waals surface area contributed by atoms with E-state index in [9.17, 15) is 14.7 Å². The molecule has 29 nitrogen and oxygen atoms in total. The molecule has 6 N–H and O–H groups in total. The first kappa shape index (κ1) is 105. The molecule has 4 heterocycles. The van der Waals surface area contributed by atoms with E-state index in [0.717, 1.165) is 5.56 Å². The van der Waals surface area contributed by atoms with Gasteiger partial charge < -0.3 is 115 Å². The van der Waals surface area contributed by atoms with Crippen molar-refractivity contribution in [2.24, 2.45) is 0 Å². The standard InChI is InChI=1S/C96H147N5O24Si5/c1-27-53-108-88(104)98-67-54-68(99-89(105)111-57-63-45-35-29-36-46-63)75(118-85-72(100-90(106)112-58-64-47-37-30-38-48-64)79(123-128(21,22)94(8,9)10)76-70(116-85)60-109-83(119-76)66-51-41-32-42-52-66)81(74(67)102)121-86-82(125-130(25,26)96(14,15)16)77(71(117-86)61-114-126(17,18)92(2,3)4)120-84-73(101-91(107)113-59-65-49-39-31-40-50-65)80(124-129(23,24)95(11,12)13)78(122-127(19,20)93(5,6)7)69(115-84)55-97-87(103)110-56-62-43-33-28-34-44-62/h27-52,67-86,102H,1,53-61H2,2-26H3,(H,97,103)(H,98,104)(H,99,105)(H,100,106)(H,101,107)/t67-,68+,69+,70-,71-,72-,73-,74+,75-,76-,77-,78-,79-,80-,81-,82-,83?,84-,85-,86+/m1/s1. The third kappa shape index (κ3) is 27.7. The van der Waals surface area contributed by atoms with Crippen LogP contribution < -0.4 is 26.6 Å². The van der Waals surface area contributed by atoms with Crippen molar-refractivity contribution in [3.05, 3.63) is 192 Å². The summed E-state index contributed by atoms with van der Waals surface area (Å²) in [6.07, 6.45) is -24.8. The lowest BCUT2D eigenvalue weighted by Crippen LogP contribution is -2.72. The van der Waals surface area contributed by atoms with E-state index in [1.54, 1.807) is 12.1 Å². The van der Waals surface area contributed by atoms with Gasteiger partial charge in [0.25, 0.3) is 0 Å². The van der Waals surface area contributed by atoms with E-state index in [4.69, 9.17) is 83.7 Å². The summed E-state index contributed by atoms with van der Waals surface area (Å²) in [6, 6.07) is 40.9. The molecule has 5 fully saturated rings. The molecule has 720 valence electrons. The number of carbonyl (C=O) groups excluding carboxylic acids is 5. The van der Waals surface area contributed by atoms with E-state index in [-0.39, 0.29) is 64.3 Å². The molecule has 0 bridgehead atoms. The van der Waals surface area contributed by atoms with Crippen LogP contribution in [0.1, 0.15) is 144 Å². The predicted molar refractivity (Wildman–Crippen MR) is 506 cm³/mol. The molecule has 0 spiro atoms. The number of nitrogens with one attached hydrogen (secondary N) is 5. The zero-order valence-electron chi connectivity index (χ0n) is 81.0. The minimum absolute atomic E-state index is 0.0455. The van der Waals surface area contributed by atoms with Gasteiger partial charge in [-0.15, -0.1) is 0 Å². The number of alkyl carbamates (subject to hydrolysis) is 5. The number of carbonyl (C=O) groups is 5. The Labute approximate surface area is 775 Å². The van der Waals surface area contributed by atoms with Gasteiger partial charge in [0.15, 0.2) is 66.7 Å². The highest BCUT2D eigenvalue weighted by Crippen LogP contribution is 2.49. The molecule has 4 aliphatic heterocycles. The van der Waals surface area contributed by atoms with E-state index in [1.165, 1.54) is 6.08 Å². The molecule has 0 aromatic heterocycles. The Morgan fingerprint density at radius 2 is 0.769 bits per heavy atom. The van der Waals surface area contributed by atoms with Crippen LogP contribution in [-0.2, 0) is 110 Å². The zero-order chi connectivity index (χ0) is 95.3. The number of aliphatic hydroxyl groups is 1. The third-order valence-electron chi connectivity index (χ3n) is 27.3. The molecule has 130 heavy (non-hydrogen) atoms. The lowest BCUT2D eigenvalue weighted by molar-refractivity contribution is -0.356. The van der Waals surface area contributed by atoms with E-state index < -0.39 is 215 Å². The minimum atomic E-state index is -3.27. The molecule has 4 saturated heterocycles. The molecular weight excluding hydrogens is 1750 g/mol. The van der Waals surface area contributed by atoms with Crippen molar-refractivity contribution in [2.75, 3.05) is 26.4 Å². The Kier molecular flexibility index (Phi) is 35.5. The molecule has 20 atom stereocenters. The van der Waals surface area contributed by atoms with Crippen LogP contribution in [-0.4, -0.2) is 220 Å². The van der Waals surface area contributed by atoms with Crippen molar-refractivity contribution in [1.82, 2.24) is 26.6 Å². The molecule has 1 unspecified atom stereocenters. The Hall–Kier alpha value is -7.29. The van der Waals surface area contributed by atoms with Crippen molar-refractivity contribution >= 4 is 72.1 Å². The molecule has 5 amide bonds. The van der Waals surface area contributed by atoms with Crippen molar-refractivity contribution in [1.29, 1.82) is 0 Å². The number of hydrogen-bond donors (Lipinski definition) is 6. The van der Waals surface area contributed by atoms with Gasteiger partial charge in [-0.2, -0.15) is 0 Å². The third-order valence-corrected chi connectivity index (χ3v) is 49.7. The summed E-state index contributed by atoms with van der Waals surface area (Å²) < 4.78 is 127. The summed E-state index contributed by atoms with van der Waals surface area (Å²) in [5.74, 6) is 0. The fraction of sp³-hybridized carbons (Fsp3) is 0.615. The maximum absolute atomic E-state index is 15.3. The van der Waals surface area contributed by atoms with Gasteiger partial charge in [0.1, 0.15) is 106 Å². The first-order valence-electron chi connectivity index (χ1n) is 45.4. The van der Waals surface area contributed by atoms with Crippen LogP contribution in [0.4, 0.5) is 24.0 Å². The van der Waals surface area contributed by atoms with Gasteiger partial charge in [0.2, 0.25) is 0 Å². The number of rotatable bonds is 34. The maximum atomic E-state index is 15.3. The summed E-state index contributed by atoms with van der Waals surface area (Å²) in [5.41, 5.74) is 3.54. The van der Waals surface area contributed by atoms with Gasteiger partial charge in [-0.1, -0.05) is 268 Å². The maximum Gasteiger partial charge on any atom is 0.407 e. The second-order valence-corrected chi connectivity index (χ2v) is 66.0. The van der Waals surface area contributed by atoms with Crippen LogP contribution in [0, 0.1) is 0 Å². The number of ether oxygens (including phenoxy) is 13. The van der Waals surface area contributed by atoms with E-state index in [0.29, 0.717) is 22.3 Å². The van der Waals surface area contributed by atoms with Crippen LogP contribution in [0.25, 0.3) is 0 Å². The van der Waals surface area contributed by atoms with Crippen LogP contribution in [0.2, 0.25) is 90.7 Å². The summed E-state index contributed by atoms with van der Waals surface area (Å²) >= 11 is 0. The first-order chi connectivity index (χ1) is 60.8. The van der Waals surface area contributed by atoms with Crippen molar-refractivity contribution in [2.45, 2.75) is 350 Å². The summed E-state index contributed by atoms with van der Waals surface area (Å²) in [7, 11) is -15.2. The number of fused-ring (bicyclic) bond motifs is 1. The van der Waals surface area contributed by atoms with Gasteiger partial charge in [-0.3, -0.25) is 0 Å². The Balaban J connectivity index is 1.18. The summed E-state index contributed by atoms with van der Waals surface area (Å²) in [6.45, 7) is 55.0. The van der Waals surface area contributed by atoms with Crippen LogP contribution >= 0.6 is 0 Å². The van der Waals surface area contributed by atoms with Gasteiger partial charge in [0.05, 0.1) is 37.5 Å². The molecule has 5 aromatic rings. The highest BCUT2D eigenvalue weighted by atomic mass is 28.4. The lowest BCUT2D eigenvalue weighted by atomic mass is 9.83. The smallest absolute Gasteiger partial charge is 0.407 e. The fourth-order valence-corrected chi connectivity index (χ4v) is 20.7. The lowest BCUT2D eigenvalue weighted by Gasteiger charge is -2.54. The van der Waals surface area contributed by atoms with Crippen LogP contribution in [0.15, 0.2) is 164 Å². The monoisotopic (exact) mass is 1890 g/mol. The van der Waals surface area contributed by atoms with E-state index in [1.807, 2.05) is 140 Å². The Bertz CT molecular complexity index is 4440. The first-order valence-corrected chi connectivity index (χ1v) is 60.0. The second kappa shape index (κ2) is 44.0. The van der Waals surface area contributed by atoms with Gasteiger partial charge in [0, 0.05) is 12.1 Å². The topological polar surface area (TPSA) is 332 Å². The minimum Gasteiger partial charge on any atom is -0.445 e. The molecule has 5 aliphatic rings. The number of benzene rings is 5. The van der Waals surface area contributed by atoms with Gasteiger partial charge in [-0.05, 0) is 119 Å². The fourth-order valence-electron chi connectivity index (χ4n) is 14.5. The normalized spacial score (nSPS) is 27.3. The molecule has 5 aromatic carbocycles. The van der Waals surface area contributed by atoms with Crippen LogP contribution in [0.3, 0.4) is 0 Å². The van der Waals surface area contributed by atoms with Gasteiger partial charge >= 0.3 is 30.5 Å². The highest BCUT2D eigenvalue weighted by molar-refractivity contribution is 6.76. The number of amides is 5. The number of hydrogen-bond acceptors (Lipinski definition) is 24. The SMILES string of the molecule is C=CCOC(=O)N[C@@H]1C[C@H](NC(=O)OCc2ccccc2)[C@@H](O[C@H]2O[C@@H]3COC(c4ccccc4)O[C@H]3[C@H](O[Si](C)(C)C(C)(C)C)[C@H]2NC(=O)OCc2ccccc2)[C@H](O[C@@H]2O[C@H](CO[Si](C)(C)C(C)(C)C)[C@@H](O[C@H]3O[C@@H](CNC(=O)OCc4ccccc4)[C@@H](O[Si](C)(C)C(C)(C)C)[C@H](O[Si](C)(C)C(C)(C)C)[C@H]3NC(=O)OCc3ccccc3)[C@H]2O[Si](C)(C)C(C)(C)C)[C@H]1O. The average molecular weight is 1900 g/mol. The molecule has 34 heteroatoms. The van der Waals surface area contributed by atoms with E-state index in [2.05, 4.69) is 202 Å². The largest absolute Gasteiger partial charge is 0.445 e. The Morgan fingerprint density at radius 3 is 1.22 bits per heavy atom. The molecular formula is C96H147N5O24Si5. The van der Waals surface area contributed by atoms with Crippen molar-refractivity contribution < 1.29 is 113 Å². The molecule has 0 radical (unpaired) electrons. The molecule has 1 aliphatic carbocycles. The highest BCUT2D eigenvalue weighted by Gasteiger charge is 2.63. The zero-order valence-corrected chi connectivity index (χ0v) is 86.0. The summed E-state index contributed by atoms with van der Waals surface area (Å²) in [5, 5.41) is 26.9. The second-order valence-electron chi connectivity index (χ2n) is 42.1. The Morgan fingerprint density at radius 1 is 0.400 bits per heavy atom. The number of aliphatic hydroxyl groups excluding tert-OH is 1. The quantitative estimate of drug-likeness (QED) is 0.0127. The average Bonchev–Trinajstić information content (AvgIpc) is 1.43. The predicted octanol–water partition coefficient (Wildman–Crippen LogP) is 17.9. The van der Waals surface area contributed by atoms with Gasteiger partial charge in [-0.25, -0.2) is 24.0 Å². The van der Waals surface area contributed by atoms with Crippen molar-refractivity contribution in [3.8, 4) is 0 Å². The van der Waals surface area contributed by atoms with E-state index >= 15 is 14.4 Å². The van der Waals surface area contributed by atoms with Crippen LogP contribution in [0.5, 0.6) is 0 Å².